The number of carbonyl (C=O) groups is 1. The van der Waals surface area contributed by atoms with Gasteiger partial charge >= 0.3 is 0 Å². The Bertz CT molecular complexity index is 1070. The summed E-state index contributed by atoms with van der Waals surface area (Å²) in [5, 5.41) is 0.742. The molecule has 5 rings (SSSR count). The molecule has 5 nitrogen and oxygen atoms in total. The SMILES string of the molecule is Cc1cc(OCCn2c(C3CC(=O)N(C4CC4)C3)nc3ccccc32)ccc1Cl. The zero-order chi connectivity index (χ0) is 20.0. The van der Waals surface area contributed by atoms with E-state index >= 15 is 0 Å². The van der Waals surface area contributed by atoms with Crippen molar-refractivity contribution in [2.75, 3.05) is 13.2 Å². The average molecular weight is 410 g/mol. The molecule has 0 spiro atoms. The first-order chi connectivity index (χ1) is 14.1. The number of halogens is 1. The number of hydrogen-bond donors (Lipinski definition) is 0. The Kier molecular flexibility index (Phi) is 4.70. The number of aromatic nitrogens is 2. The lowest BCUT2D eigenvalue weighted by atomic mass is 10.1. The highest BCUT2D eigenvalue weighted by molar-refractivity contribution is 6.31. The third kappa shape index (κ3) is 3.60. The first kappa shape index (κ1) is 18.5. The molecule has 2 aliphatic rings. The quantitative estimate of drug-likeness (QED) is 0.599. The summed E-state index contributed by atoms with van der Waals surface area (Å²) in [7, 11) is 0. The van der Waals surface area contributed by atoms with Crippen LogP contribution in [0.1, 0.15) is 36.6 Å². The number of fused-ring (bicyclic) bond motifs is 1. The zero-order valence-corrected chi connectivity index (χ0v) is 17.2. The van der Waals surface area contributed by atoms with Gasteiger partial charge in [0.1, 0.15) is 18.2 Å². The number of amides is 1. The number of benzene rings is 2. The monoisotopic (exact) mass is 409 g/mol. The highest BCUT2D eigenvalue weighted by Gasteiger charge is 2.41. The van der Waals surface area contributed by atoms with Crippen LogP contribution in [-0.4, -0.2) is 39.6 Å². The molecule has 1 saturated heterocycles. The van der Waals surface area contributed by atoms with E-state index in [0.717, 1.165) is 52.6 Å². The fourth-order valence-corrected chi connectivity index (χ4v) is 4.36. The molecule has 1 saturated carbocycles. The van der Waals surface area contributed by atoms with Gasteiger partial charge in [-0.1, -0.05) is 23.7 Å². The van der Waals surface area contributed by atoms with Gasteiger partial charge in [-0.15, -0.1) is 0 Å². The van der Waals surface area contributed by atoms with E-state index in [0.29, 0.717) is 25.6 Å². The summed E-state index contributed by atoms with van der Waals surface area (Å²) in [6.07, 6.45) is 2.84. The van der Waals surface area contributed by atoms with Crippen LogP contribution in [0.4, 0.5) is 0 Å². The summed E-state index contributed by atoms with van der Waals surface area (Å²) in [6, 6.07) is 14.3. The number of rotatable bonds is 6. The van der Waals surface area contributed by atoms with Gasteiger partial charge in [0.15, 0.2) is 0 Å². The summed E-state index contributed by atoms with van der Waals surface area (Å²) in [4.78, 5) is 19.4. The first-order valence-corrected chi connectivity index (χ1v) is 10.6. The second kappa shape index (κ2) is 7.38. The second-order valence-electron chi connectivity index (χ2n) is 8.05. The van der Waals surface area contributed by atoms with Crippen LogP contribution in [-0.2, 0) is 11.3 Å². The Hall–Kier alpha value is -2.53. The molecule has 1 atom stereocenters. The van der Waals surface area contributed by atoms with E-state index < -0.39 is 0 Å². The van der Waals surface area contributed by atoms with Crippen LogP contribution in [0.3, 0.4) is 0 Å². The van der Waals surface area contributed by atoms with Crippen molar-refractivity contribution < 1.29 is 9.53 Å². The average Bonchev–Trinajstić information content (AvgIpc) is 3.39. The zero-order valence-electron chi connectivity index (χ0n) is 16.5. The molecule has 1 unspecified atom stereocenters. The Morgan fingerprint density at radius 1 is 1.21 bits per heavy atom. The molecule has 2 aromatic carbocycles. The number of carbonyl (C=O) groups excluding carboxylic acids is 1. The molecule has 2 fully saturated rings. The lowest BCUT2D eigenvalue weighted by Crippen LogP contribution is -2.27. The van der Waals surface area contributed by atoms with Crippen molar-refractivity contribution in [2.45, 2.75) is 44.7 Å². The van der Waals surface area contributed by atoms with E-state index in [4.69, 9.17) is 21.3 Å². The predicted molar refractivity (Wildman–Crippen MR) is 114 cm³/mol. The van der Waals surface area contributed by atoms with E-state index in [1.54, 1.807) is 0 Å². The molecular formula is C23H24ClN3O2. The van der Waals surface area contributed by atoms with E-state index in [-0.39, 0.29) is 11.8 Å². The summed E-state index contributed by atoms with van der Waals surface area (Å²) in [6.45, 7) is 3.97. The molecule has 2 heterocycles. The van der Waals surface area contributed by atoms with Crippen molar-refractivity contribution in [3.8, 4) is 5.75 Å². The molecule has 150 valence electrons. The third-order valence-corrected chi connectivity index (χ3v) is 6.33. The third-order valence-electron chi connectivity index (χ3n) is 5.91. The molecular weight excluding hydrogens is 386 g/mol. The maximum absolute atomic E-state index is 12.5. The minimum absolute atomic E-state index is 0.147. The number of imidazole rings is 1. The standard InChI is InChI=1S/C23H24ClN3O2/c1-15-12-18(8-9-19(15)24)29-11-10-26-21-5-3-2-4-20(21)25-23(26)16-13-22(28)27(14-16)17-6-7-17/h2-5,8-9,12,16-17H,6-7,10-11,13-14H2,1H3. The van der Waals surface area contributed by atoms with Crippen molar-refractivity contribution >= 4 is 28.5 Å². The van der Waals surface area contributed by atoms with E-state index in [9.17, 15) is 4.79 Å². The maximum Gasteiger partial charge on any atom is 0.223 e. The molecule has 1 aliphatic carbocycles. The van der Waals surface area contributed by atoms with Crippen molar-refractivity contribution in [1.82, 2.24) is 14.5 Å². The number of nitrogens with zero attached hydrogens (tertiary/aromatic N) is 3. The van der Waals surface area contributed by atoms with Gasteiger partial charge in [-0.2, -0.15) is 0 Å². The lowest BCUT2D eigenvalue weighted by Gasteiger charge is -2.17. The van der Waals surface area contributed by atoms with Crippen LogP contribution >= 0.6 is 11.6 Å². The fraction of sp³-hybridized carbons (Fsp3) is 0.391. The molecule has 3 aromatic rings. The van der Waals surface area contributed by atoms with Gasteiger partial charge in [0.2, 0.25) is 5.91 Å². The van der Waals surface area contributed by atoms with E-state index in [1.807, 2.05) is 43.3 Å². The molecule has 1 aliphatic heterocycles. The summed E-state index contributed by atoms with van der Waals surface area (Å²) >= 11 is 6.11. The normalized spacial score (nSPS) is 19.3. The molecule has 29 heavy (non-hydrogen) atoms. The largest absolute Gasteiger partial charge is 0.492 e. The molecule has 0 N–H and O–H groups in total. The van der Waals surface area contributed by atoms with Gasteiger partial charge in [-0.3, -0.25) is 4.79 Å². The van der Waals surface area contributed by atoms with Crippen LogP contribution in [0, 0.1) is 6.92 Å². The Labute approximate surface area is 175 Å². The van der Waals surface area contributed by atoms with E-state index in [2.05, 4.69) is 15.5 Å². The minimum Gasteiger partial charge on any atom is -0.492 e. The molecule has 1 amide bonds. The van der Waals surface area contributed by atoms with Crippen molar-refractivity contribution in [3.63, 3.8) is 0 Å². The van der Waals surface area contributed by atoms with Gasteiger partial charge in [-0.25, -0.2) is 4.98 Å². The molecule has 6 heteroatoms. The number of likely N-dealkylation sites (tertiary alicyclic amines) is 1. The Morgan fingerprint density at radius 2 is 2.03 bits per heavy atom. The van der Waals surface area contributed by atoms with Gasteiger partial charge in [-0.05, 0) is 55.7 Å². The van der Waals surface area contributed by atoms with Gasteiger partial charge in [0.05, 0.1) is 17.6 Å². The highest BCUT2D eigenvalue weighted by Crippen LogP contribution is 2.37. The maximum atomic E-state index is 12.5. The molecule has 0 radical (unpaired) electrons. The highest BCUT2D eigenvalue weighted by atomic mass is 35.5. The number of ether oxygens (including phenoxy) is 1. The smallest absolute Gasteiger partial charge is 0.223 e. The number of aryl methyl sites for hydroxylation is 1. The van der Waals surface area contributed by atoms with Gasteiger partial charge in [0.25, 0.3) is 0 Å². The van der Waals surface area contributed by atoms with Crippen LogP contribution in [0.25, 0.3) is 11.0 Å². The number of hydrogen-bond acceptors (Lipinski definition) is 3. The Balaban J connectivity index is 1.38. The fourth-order valence-electron chi connectivity index (χ4n) is 4.25. The topological polar surface area (TPSA) is 47.4 Å². The van der Waals surface area contributed by atoms with Crippen LogP contribution < -0.4 is 4.74 Å². The summed E-state index contributed by atoms with van der Waals surface area (Å²) in [5.74, 6) is 2.23. The van der Waals surface area contributed by atoms with Crippen molar-refractivity contribution in [2.24, 2.45) is 0 Å². The Morgan fingerprint density at radius 3 is 2.83 bits per heavy atom. The molecule has 0 bridgehead atoms. The van der Waals surface area contributed by atoms with Crippen molar-refractivity contribution in [3.05, 3.63) is 58.9 Å². The lowest BCUT2D eigenvalue weighted by molar-refractivity contribution is -0.128. The van der Waals surface area contributed by atoms with E-state index in [1.165, 1.54) is 0 Å². The first-order valence-electron chi connectivity index (χ1n) is 10.2. The predicted octanol–water partition coefficient (Wildman–Crippen LogP) is 4.56. The minimum atomic E-state index is 0.147. The van der Waals surface area contributed by atoms with Gasteiger partial charge in [0, 0.05) is 29.9 Å². The molecule has 1 aromatic heterocycles. The van der Waals surface area contributed by atoms with Crippen LogP contribution in [0.5, 0.6) is 5.75 Å². The summed E-state index contributed by atoms with van der Waals surface area (Å²) in [5.41, 5.74) is 3.07. The van der Waals surface area contributed by atoms with Crippen LogP contribution in [0.15, 0.2) is 42.5 Å². The summed E-state index contributed by atoms with van der Waals surface area (Å²) < 4.78 is 8.22. The number of para-hydroxylation sites is 2. The van der Waals surface area contributed by atoms with Crippen molar-refractivity contribution in [1.29, 1.82) is 0 Å². The van der Waals surface area contributed by atoms with Crippen LogP contribution in [0.2, 0.25) is 5.02 Å². The van der Waals surface area contributed by atoms with Gasteiger partial charge < -0.3 is 14.2 Å². The second-order valence-corrected chi connectivity index (χ2v) is 8.46.